The third-order valence-electron chi connectivity index (χ3n) is 1.77. The van der Waals surface area contributed by atoms with Crippen LogP contribution in [0.25, 0.3) is 0 Å². The van der Waals surface area contributed by atoms with E-state index in [0.717, 1.165) is 5.56 Å². The molecule has 2 N–H and O–H groups in total. The number of amides is 2. The van der Waals surface area contributed by atoms with Gasteiger partial charge in [-0.2, -0.15) is 0 Å². The Bertz CT molecular complexity index is 361. The monoisotopic (exact) mass is 192 g/mol. The van der Waals surface area contributed by atoms with Crippen molar-refractivity contribution in [1.29, 1.82) is 0 Å². The maximum Gasteiger partial charge on any atom is 0.221 e. The van der Waals surface area contributed by atoms with Crippen molar-refractivity contribution in [2.24, 2.45) is 0 Å². The van der Waals surface area contributed by atoms with Crippen LogP contribution in [0.2, 0.25) is 0 Å². The van der Waals surface area contributed by atoms with Gasteiger partial charge >= 0.3 is 0 Å². The van der Waals surface area contributed by atoms with E-state index in [1.807, 2.05) is 13.0 Å². The van der Waals surface area contributed by atoms with Crippen molar-refractivity contribution in [3.05, 3.63) is 23.8 Å². The zero-order chi connectivity index (χ0) is 10.6. The molecule has 0 atom stereocenters. The molecule has 0 aliphatic carbocycles. The molecule has 1 aromatic carbocycles. The quantitative estimate of drug-likeness (QED) is 0.713. The normalized spacial score (nSPS) is 9.29. The minimum atomic E-state index is -0.128. The fourth-order valence-electron chi connectivity index (χ4n) is 1.10. The van der Waals surface area contributed by atoms with Crippen LogP contribution in [0.5, 0.6) is 0 Å². The minimum Gasteiger partial charge on any atom is -0.329 e. The number of anilines is 2. The van der Waals surface area contributed by atoms with Gasteiger partial charge in [0.25, 0.3) is 0 Å². The molecule has 0 unspecified atom stereocenters. The van der Waals surface area contributed by atoms with Gasteiger partial charge in [-0.3, -0.25) is 9.59 Å². The van der Waals surface area contributed by atoms with E-state index in [4.69, 9.17) is 0 Å². The molecule has 1 aromatic rings. The maximum absolute atomic E-state index is 10.8. The Morgan fingerprint density at radius 1 is 1.43 bits per heavy atom. The number of carbonyl (C=O) groups excluding carboxylic acids is 2. The first-order valence-electron chi connectivity index (χ1n) is 4.22. The Kier molecular flexibility index (Phi) is 3.23. The van der Waals surface area contributed by atoms with Crippen LogP contribution in [-0.2, 0) is 9.59 Å². The average Bonchev–Trinajstić information content (AvgIpc) is 2.10. The smallest absolute Gasteiger partial charge is 0.221 e. The summed E-state index contributed by atoms with van der Waals surface area (Å²) in [4.78, 5) is 21.0. The van der Waals surface area contributed by atoms with Crippen LogP contribution in [0.15, 0.2) is 18.2 Å². The van der Waals surface area contributed by atoms with Crippen molar-refractivity contribution in [1.82, 2.24) is 0 Å². The highest BCUT2D eigenvalue weighted by molar-refractivity contribution is 5.90. The molecule has 4 nitrogen and oxygen atoms in total. The molecule has 1 rings (SSSR count). The highest BCUT2D eigenvalue weighted by Crippen LogP contribution is 2.19. The molecule has 0 spiro atoms. The standard InChI is InChI=1S/C10H12N2O2/c1-7-3-4-9(11-6-13)5-10(7)12-8(2)14/h3-6H,1-2H3,(H,11,13)(H,12,14). The molecule has 0 bridgehead atoms. The lowest BCUT2D eigenvalue weighted by Gasteiger charge is -2.08. The van der Waals surface area contributed by atoms with Crippen molar-refractivity contribution < 1.29 is 9.59 Å². The molecule has 0 radical (unpaired) electrons. The second-order valence-corrected chi connectivity index (χ2v) is 2.97. The topological polar surface area (TPSA) is 58.2 Å². The summed E-state index contributed by atoms with van der Waals surface area (Å²) in [6, 6.07) is 5.32. The molecule has 0 aromatic heterocycles. The molecular formula is C10H12N2O2. The van der Waals surface area contributed by atoms with Crippen LogP contribution in [0.4, 0.5) is 11.4 Å². The van der Waals surface area contributed by atoms with Gasteiger partial charge in [0.1, 0.15) is 0 Å². The summed E-state index contributed by atoms with van der Waals surface area (Å²) >= 11 is 0. The molecule has 0 aliphatic heterocycles. The van der Waals surface area contributed by atoms with Crippen molar-refractivity contribution in [2.75, 3.05) is 10.6 Å². The van der Waals surface area contributed by atoms with Crippen molar-refractivity contribution >= 4 is 23.7 Å². The number of rotatable bonds is 3. The van der Waals surface area contributed by atoms with E-state index in [9.17, 15) is 9.59 Å². The van der Waals surface area contributed by atoms with Gasteiger partial charge < -0.3 is 10.6 Å². The summed E-state index contributed by atoms with van der Waals surface area (Å²) in [6.07, 6.45) is 0.599. The zero-order valence-corrected chi connectivity index (χ0v) is 8.13. The molecular weight excluding hydrogens is 180 g/mol. The fraction of sp³-hybridized carbons (Fsp3) is 0.200. The van der Waals surface area contributed by atoms with Gasteiger partial charge in [0.05, 0.1) is 0 Å². The first kappa shape index (κ1) is 10.2. The largest absolute Gasteiger partial charge is 0.329 e. The Hall–Kier alpha value is -1.84. The molecule has 0 aliphatic rings. The first-order valence-corrected chi connectivity index (χ1v) is 4.22. The summed E-state index contributed by atoms with van der Waals surface area (Å²) in [5.74, 6) is -0.128. The van der Waals surface area contributed by atoms with Crippen LogP contribution in [-0.4, -0.2) is 12.3 Å². The van der Waals surface area contributed by atoms with Crippen molar-refractivity contribution in [2.45, 2.75) is 13.8 Å². The van der Waals surface area contributed by atoms with Crippen LogP contribution in [0.1, 0.15) is 12.5 Å². The van der Waals surface area contributed by atoms with Crippen LogP contribution in [0, 0.1) is 6.92 Å². The summed E-state index contributed by atoms with van der Waals surface area (Å²) in [7, 11) is 0. The van der Waals surface area contributed by atoms with Gasteiger partial charge in [-0.1, -0.05) is 6.07 Å². The van der Waals surface area contributed by atoms with E-state index in [-0.39, 0.29) is 5.91 Å². The molecule has 74 valence electrons. The van der Waals surface area contributed by atoms with Crippen molar-refractivity contribution in [3.63, 3.8) is 0 Å². The van der Waals surface area contributed by atoms with E-state index in [2.05, 4.69) is 10.6 Å². The highest BCUT2D eigenvalue weighted by Gasteiger charge is 2.01. The number of hydrogen-bond acceptors (Lipinski definition) is 2. The zero-order valence-electron chi connectivity index (χ0n) is 8.13. The highest BCUT2D eigenvalue weighted by atomic mass is 16.1. The van der Waals surface area contributed by atoms with E-state index >= 15 is 0 Å². The Balaban J connectivity index is 2.95. The summed E-state index contributed by atoms with van der Waals surface area (Å²) < 4.78 is 0. The summed E-state index contributed by atoms with van der Waals surface area (Å²) in [5.41, 5.74) is 2.33. The Morgan fingerprint density at radius 3 is 2.71 bits per heavy atom. The summed E-state index contributed by atoms with van der Waals surface area (Å²) in [6.45, 7) is 3.33. The molecule has 0 heterocycles. The number of carbonyl (C=O) groups is 2. The van der Waals surface area contributed by atoms with Gasteiger partial charge in [0.2, 0.25) is 12.3 Å². The Morgan fingerprint density at radius 2 is 2.14 bits per heavy atom. The molecule has 0 fully saturated rings. The van der Waals surface area contributed by atoms with Gasteiger partial charge in [-0.05, 0) is 24.6 Å². The lowest BCUT2D eigenvalue weighted by atomic mass is 10.2. The van der Waals surface area contributed by atoms with Crippen molar-refractivity contribution in [3.8, 4) is 0 Å². The van der Waals surface area contributed by atoms with Gasteiger partial charge in [-0.25, -0.2) is 0 Å². The van der Waals surface area contributed by atoms with E-state index in [0.29, 0.717) is 17.8 Å². The minimum absolute atomic E-state index is 0.128. The van der Waals surface area contributed by atoms with Crippen LogP contribution in [0.3, 0.4) is 0 Å². The molecule has 0 saturated heterocycles. The third kappa shape index (κ3) is 2.58. The molecule has 2 amide bonds. The second-order valence-electron chi connectivity index (χ2n) is 2.97. The third-order valence-corrected chi connectivity index (χ3v) is 1.77. The van der Waals surface area contributed by atoms with Gasteiger partial charge in [0, 0.05) is 18.3 Å². The van der Waals surface area contributed by atoms with Gasteiger partial charge in [-0.15, -0.1) is 0 Å². The van der Waals surface area contributed by atoms with E-state index < -0.39 is 0 Å². The fourth-order valence-corrected chi connectivity index (χ4v) is 1.10. The SMILES string of the molecule is CC(=O)Nc1cc(NC=O)ccc1C. The van der Waals surface area contributed by atoms with Gasteiger partial charge in [0.15, 0.2) is 0 Å². The number of aryl methyl sites for hydroxylation is 1. The predicted molar refractivity (Wildman–Crippen MR) is 55.2 cm³/mol. The number of hydrogen-bond donors (Lipinski definition) is 2. The molecule has 14 heavy (non-hydrogen) atoms. The van der Waals surface area contributed by atoms with Crippen LogP contribution < -0.4 is 10.6 Å². The number of nitrogens with one attached hydrogen (secondary N) is 2. The lowest BCUT2D eigenvalue weighted by molar-refractivity contribution is -0.114. The van der Waals surface area contributed by atoms with E-state index in [1.165, 1.54) is 6.92 Å². The predicted octanol–water partition coefficient (Wildman–Crippen LogP) is 1.52. The molecule has 0 saturated carbocycles. The number of benzene rings is 1. The Labute approximate surface area is 82.3 Å². The summed E-state index contributed by atoms with van der Waals surface area (Å²) in [5, 5.41) is 5.19. The average molecular weight is 192 g/mol. The van der Waals surface area contributed by atoms with Crippen LogP contribution >= 0.6 is 0 Å². The lowest BCUT2D eigenvalue weighted by Crippen LogP contribution is -2.07. The second kappa shape index (κ2) is 4.41. The van der Waals surface area contributed by atoms with E-state index in [1.54, 1.807) is 12.1 Å². The molecule has 4 heteroatoms. The maximum atomic E-state index is 10.8. The first-order chi connectivity index (χ1) is 6.63.